The van der Waals surface area contributed by atoms with Crippen LogP contribution in [-0.4, -0.2) is 36.0 Å². The van der Waals surface area contributed by atoms with E-state index in [-0.39, 0.29) is 0 Å². The zero-order valence-corrected chi connectivity index (χ0v) is 12.7. The molecule has 19 heavy (non-hydrogen) atoms. The minimum Gasteiger partial charge on any atom is -0.343 e. The number of nitrogens with zero attached hydrogens (tertiary/aromatic N) is 1. The van der Waals surface area contributed by atoms with Gasteiger partial charge < -0.3 is 10.2 Å². The minimum absolute atomic E-state index is 0.311. The van der Waals surface area contributed by atoms with Gasteiger partial charge >= 0.3 is 0 Å². The topological polar surface area (TPSA) is 32.3 Å². The summed E-state index contributed by atoms with van der Waals surface area (Å²) in [5.74, 6) is 1.19. The van der Waals surface area contributed by atoms with E-state index in [1.807, 2.05) is 0 Å². The largest absolute Gasteiger partial charge is 0.343 e. The summed E-state index contributed by atoms with van der Waals surface area (Å²) in [6.45, 7) is 6.38. The zero-order valence-electron chi connectivity index (χ0n) is 12.7. The predicted octanol–water partition coefficient (Wildman–Crippen LogP) is 2.95. The molecule has 0 radical (unpaired) electrons. The number of likely N-dealkylation sites (tertiary alicyclic amines) is 1. The fourth-order valence-corrected chi connectivity index (χ4v) is 3.29. The fraction of sp³-hybridized carbons (Fsp3) is 0.938. The third-order valence-electron chi connectivity index (χ3n) is 4.84. The molecule has 1 heterocycles. The number of hydrogen-bond acceptors (Lipinski definition) is 2. The Morgan fingerprint density at radius 1 is 1.11 bits per heavy atom. The minimum atomic E-state index is 0.311. The molecule has 1 amide bonds. The van der Waals surface area contributed by atoms with Crippen LogP contribution in [0.2, 0.25) is 0 Å². The summed E-state index contributed by atoms with van der Waals surface area (Å²) in [5, 5.41) is 3.62. The van der Waals surface area contributed by atoms with Gasteiger partial charge in [-0.2, -0.15) is 0 Å². The van der Waals surface area contributed by atoms with Crippen LogP contribution in [0, 0.1) is 5.92 Å². The van der Waals surface area contributed by atoms with Crippen LogP contribution in [0.15, 0.2) is 0 Å². The first-order valence-electron chi connectivity index (χ1n) is 8.20. The fourth-order valence-electron chi connectivity index (χ4n) is 3.29. The molecule has 2 rings (SSSR count). The van der Waals surface area contributed by atoms with Crippen molar-refractivity contribution in [3.8, 4) is 0 Å². The van der Waals surface area contributed by atoms with E-state index in [1.54, 1.807) is 0 Å². The lowest BCUT2D eigenvalue weighted by molar-refractivity contribution is -0.131. The number of carbonyl (C=O) groups is 1. The quantitative estimate of drug-likeness (QED) is 0.830. The lowest BCUT2D eigenvalue weighted by Crippen LogP contribution is -2.44. The van der Waals surface area contributed by atoms with Crippen LogP contribution in [-0.2, 0) is 4.79 Å². The van der Waals surface area contributed by atoms with Gasteiger partial charge in [0.05, 0.1) is 0 Å². The monoisotopic (exact) mass is 266 g/mol. The summed E-state index contributed by atoms with van der Waals surface area (Å²) in [7, 11) is 0. The van der Waals surface area contributed by atoms with Crippen molar-refractivity contribution < 1.29 is 4.79 Å². The van der Waals surface area contributed by atoms with Gasteiger partial charge in [0.1, 0.15) is 0 Å². The maximum Gasteiger partial charge on any atom is 0.224 e. The first-order chi connectivity index (χ1) is 9.16. The first kappa shape index (κ1) is 14.8. The van der Waals surface area contributed by atoms with E-state index in [1.165, 1.54) is 44.9 Å². The second-order valence-corrected chi connectivity index (χ2v) is 6.55. The third kappa shape index (κ3) is 4.48. The Morgan fingerprint density at radius 2 is 1.74 bits per heavy atom. The van der Waals surface area contributed by atoms with Crippen LogP contribution in [0.25, 0.3) is 0 Å². The summed E-state index contributed by atoms with van der Waals surface area (Å²) < 4.78 is 0. The Labute approximate surface area is 118 Å². The van der Waals surface area contributed by atoms with Crippen LogP contribution < -0.4 is 5.32 Å². The van der Waals surface area contributed by atoms with Gasteiger partial charge in [0.15, 0.2) is 0 Å². The molecular formula is C16H30N2O. The van der Waals surface area contributed by atoms with Crippen molar-refractivity contribution in [2.45, 2.75) is 77.3 Å². The lowest BCUT2D eigenvalue weighted by atomic mass is 9.80. The van der Waals surface area contributed by atoms with E-state index in [0.717, 1.165) is 19.0 Å². The molecule has 0 aromatic rings. The first-order valence-corrected chi connectivity index (χ1v) is 8.20. The van der Waals surface area contributed by atoms with Gasteiger partial charge in [-0.05, 0) is 45.4 Å². The van der Waals surface area contributed by atoms with Crippen molar-refractivity contribution in [3.63, 3.8) is 0 Å². The van der Waals surface area contributed by atoms with Crippen LogP contribution in [0.5, 0.6) is 0 Å². The molecule has 1 aliphatic heterocycles. The molecule has 0 spiro atoms. The van der Waals surface area contributed by atoms with E-state index < -0.39 is 0 Å². The van der Waals surface area contributed by atoms with Crippen molar-refractivity contribution in [1.29, 1.82) is 0 Å². The molecule has 2 aliphatic rings. The number of amides is 1. The van der Waals surface area contributed by atoms with E-state index in [9.17, 15) is 4.79 Å². The van der Waals surface area contributed by atoms with Gasteiger partial charge in [-0.1, -0.05) is 19.3 Å². The zero-order chi connectivity index (χ0) is 13.7. The van der Waals surface area contributed by atoms with Crippen LogP contribution in [0.3, 0.4) is 0 Å². The maximum atomic E-state index is 12.3. The van der Waals surface area contributed by atoms with Crippen LogP contribution in [0.1, 0.15) is 65.2 Å². The van der Waals surface area contributed by atoms with Gasteiger partial charge in [0, 0.05) is 31.6 Å². The number of carbonyl (C=O) groups excluding carboxylic acids is 1. The van der Waals surface area contributed by atoms with E-state index >= 15 is 0 Å². The number of rotatable bonds is 5. The highest BCUT2D eigenvalue weighted by atomic mass is 16.2. The molecule has 3 nitrogen and oxygen atoms in total. The standard InChI is InChI=1S/C16H30N2O/c1-13(17-14(2)15-8-7-9-15)12-16(19)18-10-5-3-4-6-11-18/h13-15,17H,3-12H2,1-2H3. The summed E-state index contributed by atoms with van der Waals surface area (Å²) in [4.78, 5) is 14.4. The van der Waals surface area contributed by atoms with Crippen molar-refractivity contribution in [2.24, 2.45) is 5.92 Å². The molecule has 1 saturated carbocycles. The van der Waals surface area contributed by atoms with Crippen LogP contribution in [0.4, 0.5) is 0 Å². The summed E-state index contributed by atoms with van der Waals surface area (Å²) >= 11 is 0. The SMILES string of the molecule is CC(CC(=O)N1CCCCCC1)NC(C)C1CCC1. The molecule has 0 aromatic heterocycles. The number of hydrogen-bond donors (Lipinski definition) is 1. The summed E-state index contributed by atoms with van der Waals surface area (Å²) in [6, 6.07) is 0.882. The van der Waals surface area contributed by atoms with Crippen molar-refractivity contribution >= 4 is 5.91 Å². The van der Waals surface area contributed by atoms with E-state index in [4.69, 9.17) is 0 Å². The molecule has 0 bridgehead atoms. The molecule has 1 saturated heterocycles. The second kappa shape index (κ2) is 7.28. The molecule has 2 fully saturated rings. The van der Waals surface area contributed by atoms with Gasteiger partial charge in [0.2, 0.25) is 5.91 Å². The Balaban J connectivity index is 1.70. The van der Waals surface area contributed by atoms with E-state index in [0.29, 0.717) is 24.4 Å². The number of nitrogens with one attached hydrogen (secondary N) is 1. The molecule has 1 N–H and O–H groups in total. The summed E-state index contributed by atoms with van der Waals surface area (Å²) in [5.41, 5.74) is 0. The Hall–Kier alpha value is -0.570. The van der Waals surface area contributed by atoms with Gasteiger partial charge in [-0.15, -0.1) is 0 Å². The lowest BCUT2D eigenvalue weighted by Gasteiger charge is -2.34. The Bertz CT molecular complexity index is 280. The van der Waals surface area contributed by atoms with Crippen molar-refractivity contribution in [1.82, 2.24) is 10.2 Å². The molecule has 3 heteroatoms. The maximum absolute atomic E-state index is 12.3. The van der Waals surface area contributed by atoms with E-state index in [2.05, 4.69) is 24.1 Å². The normalized spacial score (nSPS) is 24.4. The smallest absolute Gasteiger partial charge is 0.224 e. The molecule has 110 valence electrons. The molecule has 2 atom stereocenters. The van der Waals surface area contributed by atoms with Crippen LogP contribution >= 0.6 is 0 Å². The Kier molecular flexibility index (Phi) is 5.68. The highest BCUT2D eigenvalue weighted by molar-refractivity contribution is 5.76. The second-order valence-electron chi connectivity index (χ2n) is 6.55. The highest BCUT2D eigenvalue weighted by Gasteiger charge is 2.25. The average Bonchev–Trinajstić information content (AvgIpc) is 2.54. The Morgan fingerprint density at radius 3 is 2.26 bits per heavy atom. The molecule has 2 unspecified atom stereocenters. The average molecular weight is 266 g/mol. The van der Waals surface area contributed by atoms with Crippen molar-refractivity contribution in [3.05, 3.63) is 0 Å². The van der Waals surface area contributed by atoms with Gasteiger partial charge in [-0.3, -0.25) is 4.79 Å². The molecule has 0 aromatic carbocycles. The van der Waals surface area contributed by atoms with Gasteiger partial charge in [0.25, 0.3) is 0 Å². The summed E-state index contributed by atoms with van der Waals surface area (Å²) in [6.07, 6.45) is 9.72. The molecule has 1 aliphatic carbocycles. The predicted molar refractivity (Wildman–Crippen MR) is 79.1 cm³/mol. The van der Waals surface area contributed by atoms with Gasteiger partial charge in [-0.25, -0.2) is 0 Å². The third-order valence-corrected chi connectivity index (χ3v) is 4.84. The van der Waals surface area contributed by atoms with Crippen molar-refractivity contribution in [2.75, 3.05) is 13.1 Å². The molecular weight excluding hydrogens is 236 g/mol. The highest BCUT2D eigenvalue weighted by Crippen LogP contribution is 2.29.